The predicted octanol–water partition coefficient (Wildman–Crippen LogP) is 0.505. The molecule has 0 amide bonds. The van der Waals surface area contributed by atoms with Crippen molar-refractivity contribution in [2.24, 2.45) is 5.92 Å². The smallest absolute Gasteiger partial charge is 0.317 e. The van der Waals surface area contributed by atoms with Crippen molar-refractivity contribution < 1.29 is 29.3 Å². The first-order valence-corrected chi connectivity index (χ1v) is 4.60. The van der Waals surface area contributed by atoms with Crippen LogP contribution >= 0.6 is 0 Å². The van der Waals surface area contributed by atoms with Crippen LogP contribution in [-0.4, -0.2) is 34.7 Å². The van der Waals surface area contributed by atoms with Gasteiger partial charge in [0.1, 0.15) is 0 Å². The standard InChI is InChI=1S/C9H14O6/c1-2-15-7(10)5-3-4-6(8(11)12)9(13)14/h6H,2-5H2,1H3,(H,11,12)(H,13,14). The maximum absolute atomic E-state index is 10.8. The van der Waals surface area contributed by atoms with Gasteiger partial charge in [0.25, 0.3) is 0 Å². The maximum atomic E-state index is 10.8. The van der Waals surface area contributed by atoms with Gasteiger partial charge in [-0.3, -0.25) is 14.4 Å². The van der Waals surface area contributed by atoms with Crippen molar-refractivity contribution in [3.05, 3.63) is 0 Å². The van der Waals surface area contributed by atoms with E-state index < -0.39 is 23.8 Å². The van der Waals surface area contributed by atoms with Crippen molar-refractivity contribution in [2.45, 2.75) is 26.2 Å². The molecular weight excluding hydrogens is 204 g/mol. The van der Waals surface area contributed by atoms with Crippen LogP contribution in [0.15, 0.2) is 0 Å². The number of carbonyl (C=O) groups excluding carboxylic acids is 1. The normalized spacial score (nSPS) is 10.0. The number of rotatable bonds is 7. The second kappa shape index (κ2) is 6.80. The molecule has 0 bridgehead atoms. The molecule has 0 aromatic heterocycles. The third-order valence-electron chi connectivity index (χ3n) is 1.78. The van der Waals surface area contributed by atoms with Crippen molar-refractivity contribution in [3.8, 4) is 0 Å². The Morgan fingerprint density at radius 3 is 2.13 bits per heavy atom. The van der Waals surface area contributed by atoms with Gasteiger partial charge in [0.05, 0.1) is 6.61 Å². The number of carbonyl (C=O) groups is 3. The molecule has 0 aliphatic carbocycles. The van der Waals surface area contributed by atoms with Crippen LogP contribution in [0, 0.1) is 5.92 Å². The maximum Gasteiger partial charge on any atom is 0.317 e. The van der Waals surface area contributed by atoms with Crippen LogP contribution in [-0.2, 0) is 19.1 Å². The van der Waals surface area contributed by atoms with Gasteiger partial charge in [-0.1, -0.05) is 0 Å². The summed E-state index contributed by atoms with van der Waals surface area (Å²) in [4.78, 5) is 31.7. The van der Waals surface area contributed by atoms with E-state index in [2.05, 4.69) is 4.74 Å². The predicted molar refractivity (Wildman–Crippen MR) is 49.2 cm³/mol. The molecule has 0 aliphatic rings. The van der Waals surface area contributed by atoms with Crippen molar-refractivity contribution in [1.82, 2.24) is 0 Å². The topological polar surface area (TPSA) is 101 Å². The Hall–Kier alpha value is -1.59. The summed E-state index contributed by atoms with van der Waals surface area (Å²) >= 11 is 0. The Morgan fingerprint density at radius 2 is 1.73 bits per heavy atom. The lowest BCUT2D eigenvalue weighted by molar-refractivity contribution is -0.155. The first-order chi connectivity index (χ1) is 6.99. The summed E-state index contributed by atoms with van der Waals surface area (Å²) in [6.45, 7) is 1.93. The zero-order valence-electron chi connectivity index (χ0n) is 8.43. The summed E-state index contributed by atoms with van der Waals surface area (Å²) in [6.07, 6.45) is 0.177. The van der Waals surface area contributed by atoms with Gasteiger partial charge in [-0.25, -0.2) is 0 Å². The first kappa shape index (κ1) is 13.4. The van der Waals surface area contributed by atoms with Gasteiger partial charge in [-0.05, 0) is 19.8 Å². The second-order valence-corrected chi connectivity index (χ2v) is 2.93. The summed E-state index contributed by atoms with van der Waals surface area (Å²) in [5, 5.41) is 17.0. The highest BCUT2D eigenvalue weighted by Crippen LogP contribution is 2.09. The van der Waals surface area contributed by atoms with Gasteiger partial charge in [0.15, 0.2) is 5.92 Å². The second-order valence-electron chi connectivity index (χ2n) is 2.93. The molecule has 0 spiro atoms. The molecule has 15 heavy (non-hydrogen) atoms. The fraction of sp³-hybridized carbons (Fsp3) is 0.667. The molecule has 0 fully saturated rings. The van der Waals surface area contributed by atoms with Crippen LogP contribution in [0.3, 0.4) is 0 Å². The van der Waals surface area contributed by atoms with E-state index in [1.807, 2.05) is 0 Å². The number of ether oxygens (including phenoxy) is 1. The van der Waals surface area contributed by atoms with E-state index in [1.54, 1.807) is 6.92 Å². The van der Waals surface area contributed by atoms with Gasteiger partial charge in [-0.2, -0.15) is 0 Å². The fourth-order valence-electron chi connectivity index (χ4n) is 1.04. The Labute approximate surface area is 86.8 Å². The lowest BCUT2D eigenvalue weighted by Gasteiger charge is -2.06. The lowest BCUT2D eigenvalue weighted by atomic mass is 10.0. The van der Waals surface area contributed by atoms with Crippen LogP contribution in [0.2, 0.25) is 0 Å². The summed E-state index contributed by atoms with van der Waals surface area (Å²) in [7, 11) is 0. The summed E-state index contributed by atoms with van der Waals surface area (Å²) in [6, 6.07) is 0. The van der Waals surface area contributed by atoms with E-state index in [-0.39, 0.29) is 25.9 Å². The first-order valence-electron chi connectivity index (χ1n) is 4.60. The highest BCUT2D eigenvalue weighted by Gasteiger charge is 2.25. The Balaban J connectivity index is 3.87. The lowest BCUT2D eigenvalue weighted by Crippen LogP contribution is -2.23. The van der Waals surface area contributed by atoms with E-state index in [0.717, 1.165) is 0 Å². The largest absolute Gasteiger partial charge is 0.481 e. The molecule has 0 atom stereocenters. The summed E-state index contributed by atoms with van der Waals surface area (Å²) in [5.74, 6) is -4.65. The van der Waals surface area contributed by atoms with E-state index >= 15 is 0 Å². The van der Waals surface area contributed by atoms with Crippen molar-refractivity contribution in [1.29, 1.82) is 0 Å². The molecule has 0 saturated heterocycles. The summed E-state index contributed by atoms with van der Waals surface area (Å²) < 4.78 is 4.61. The van der Waals surface area contributed by atoms with Crippen LogP contribution in [0.25, 0.3) is 0 Å². The molecule has 0 heterocycles. The molecular formula is C9H14O6. The Kier molecular flexibility index (Phi) is 6.08. The summed E-state index contributed by atoms with van der Waals surface area (Å²) in [5.41, 5.74) is 0. The monoisotopic (exact) mass is 218 g/mol. The quantitative estimate of drug-likeness (QED) is 0.476. The number of hydrogen-bond donors (Lipinski definition) is 2. The van der Waals surface area contributed by atoms with E-state index in [9.17, 15) is 14.4 Å². The molecule has 2 N–H and O–H groups in total. The molecule has 86 valence electrons. The number of hydrogen-bond acceptors (Lipinski definition) is 4. The minimum atomic E-state index is -1.44. The molecule has 6 nitrogen and oxygen atoms in total. The Bertz CT molecular complexity index is 233. The zero-order chi connectivity index (χ0) is 11.8. The molecule has 0 radical (unpaired) electrons. The van der Waals surface area contributed by atoms with Crippen LogP contribution in [0.1, 0.15) is 26.2 Å². The van der Waals surface area contributed by atoms with Crippen LogP contribution in [0.5, 0.6) is 0 Å². The van der Waals surface area contributed by atoms with E-state index in [0.29, 0.717) is 0 Å². The molecule has 0 aromatic carbocycles. The fourth-order valence-corrected chi connectivity index (χ4v) is 1.04. The van der Waals surface area contributed by atoms with Crippen molar-refractivity contribution in [3.63, 3.8) is 0 Å². The van der Waals surface area contributed by atoms with E-state index in [1.165, 1.54) is 0 Å². The zero-order valence-corrected chi connectivity index (χ0v) is 8.43. The average Bonchev–Trinajstić information content (AvgIpc) is 2.11. The molecule has 0 aliphatic heterocycles. The molecule has 0 saturated carbocycles. The minimum absolute atomic E-state index is 0.0465. The highest BCUT2D eigenvalue weighted by molar-refractivity contribution is 5.92. The van der Waals surface area contributed by atoms with Gasteiger partial charge in [0.2, 0.25) is 0 Å². The van der Waals surface area contributed by atoms with Crippen LogP contribution in [0.4, 0.5) is 0 Å². The van der Waals surface area contributed by atoms with Crippen molar-refractivity contribution in [2.75, 3.05) is 6.61 Å². The highest BCUT2D eigenvalue weighted by atomic mass is 16.5. The molecule has 6 heteroatoms. The molecule has 0 rings (SSSR count). The minimum Gasteiger partial charge on any atom is -0.481 e. The number of aliphatic carboxylic acids is 2. The van der Waals surface area contributed by atoms with Gasteiger partial charge in [-0.15, -0.1) is 0 Å². The van der Waals surface area contributed by atoms with E-state index in [4.69, 9.17) is 10.2 Å². The third-order valence-corrected chi connectivity index (χ3v) is 1.78. The SMILES string of the molecule is CCOC(=O)CCCC(C(=O)O)C(=O)O. The van der Waals surface area contributed by atoms with Gasteiger partial charge >= 0.3 is 17.9 Å². The number of esters is 1. The van der Waals surface area contributed by atoms with Crippen molar-refractivity contribution >= 4 is 17.9 Å². The Morgan fingerprint density at radius 1 is 1.20 bits per heavy atom. The van der Waals surface area contributed by atoms with Gasteiger partial charge in [0, 0.05) is 6.42 Å². The van der Waals surface area contributed by atoms with Crippen LogP contribution < -0.4 is 0 Å². The number of carboxylic acid groups (broad SMARTS) is 2. The van der Waals surface area contributed by atoms with Gasteiger partial charge < -0.3 is 14.9 Å². The molecule has 0 aromatic rings. The average molecular weight is 218 g/mol. The number of carboxylic acids is 2. The molecule has 0 unspecified atom stereocenters. The third kappa shape index (κ3) is 5.66.